The molecule has 3 aromatic rings. The van der Waals surface area contributed by atoms with E-state index in [1.807, 2.05) is 6.07 Å². The predicted molar refractivity (Wildman–Crippen MR) is 136 cm³/mol. The normalized spacial score (nSPS) is 16.5. The van der Waals surface area contributed by atoms with Crippen LogP contribution >= 0.6 is 11.8 Å². The Labute approximate surface area is 214 Å². The van der Waals surface area contributed by atoms with E-state index in [0.717, 1.165) is 4.90 Å². The fraction of sp³-hybridized carbons (Fsp3) is 0.304. The molecular weight excluding hydrogens is 504 g/mol. The van der Waals surface area contributed by atoms with Crippen LogP contribution in [0.2, 0.25) is 0 Å². The third kappa shape index (κ3) is 5.49. The minimum Gasteiger partial charge on any atom is -0.483 e. The lowest BCUT2D eigenvalue weighted by Gasteiger charge is -2.18. The number of aryl methyl sites for hydroxylation is 1. The first-order valence-corrected chi connectivity index (χ1v) is 12.2. The first kappa shape index (κ1) is 25.9. The van der Waals surface area contributed by atoms with E-state index in [0.29, 0.717) is 41.4 Å². The van der Waals surface area contributed by atoms with Crippen molar-refractivity contribution in [2.45, 2.75) is 17.5 Å². The third-order valence-corrected chi connectivity index (χ3v) is 6.80. The highest BCUT2D eigenvalue weighted by atomic mass is 32.2. The summed E-state index contributed by atoms with van der Waals surface area (Å²) in [5.74, 6) is 1.05. The summed E-state index contributed by atoms with van der Waals surface area (Å²) in [7, 11) is 1.64. The van der Waals surface area contributed by atoms with E-state index in [-0.39, 0.29) is 36.7 Å². The number of thioether (sulfide) groups is 1. The molecule has 4 heterocycles. The molecule has 1 atom stereocenters. The Balaban J connectivity index is 0.00000102. The molecule has 0 unspecified atom stereocenters. The number of hydrogen-bond acceptors (Lipinski definition) is 9. The number of amides is 2. The number of para-hydroxylation sites is 1. The summed E-state index contributed by atoms with van der Waals surface area (Å²) in [6.07, 6.45) is -0.945. The molecule has 37 heavy (non-hydrogen) atoms. The maximum absolute atomic E-state index is 12.7. The van der Waals surface area contributed by atoms with Gasteiger partial charge in [-0.2, -0.15) is 0 Å². The number of nitrogens with zero attached hydrogens (tertiary/aromatic N) is 4. The van der Waals surface area contributed by atoms with Gasteiger partial charge in [-0.3, -0.25) is 28.4 Å². The lowest BCUT2D eigenvalue weighted by molar-refractivity contribution is -0.123. The topological polar surface area (TPSA) is 165 Å². The maximum Gasteiger partial charge on any atom is 0.416 e. The highest BCUT2D eigenvalue weighted by Gasteiger charge is 2.33. The van der Waals surface area contributed by atoms with Crippen LogP contribution in [0.5, 0.6) is 0 Å². The molecule has 13 nitrogen and oxygen atoms in total. The van der Waals surface area contributed by atoms with Gasteiger partial charge in [0.25, 0.3) is 12.0 Å². The van der Waals surface area contributed by atoms with Gasteiger partial charge >= 0.3 is 11.8 Å². The smallest absolute Gasteiger partial charge is 0.416 e. The number of rotatable bonds is 6. The lowest BCUT2D eigenvalue weighted by Crippen LogP contribution is -2.42. The Morgan fingerprint density at radius 2 is 1.97 bits per heavy atom. The molecule has 1 aromatic carbocycles. The zero-order chi connectivity index (χ0) is 26.5. The van der Waals surface area contributed by atoms with Crippen molar-refractivity contribution in [2.75, 3.05) is 35.6 Å². The average molecular weight is 529 g/mol. The quantitative estimate of drug-likeness (QED) is 0.302. The summed E-state index contributed by atoms with van der Waals surface area (Å²) in [6, 6.07) is 10.5. The van der Waals surface area contributed by atoms with Crippen molar-refractivity contribution in [1.82, 2.24) is 19.4 Å². The summed E-state index contributed by atoms with van der Waals surface area (Å²) >= 11 is 1.40. The molecule has 2 aliphatic rings. The van der Waals surface area contributed by atoms with E-state index in [1.165, 1.54) is 25.8 Å². The molecule has 5 rings (SSSR count). The Hall–Kier alpha value is -4.17. The predicted octanol–water partition coefficient (Wildman–Crippen LogP) is 0.455. The Morgan fingerprint density at radius 1 is 1.22 bits per heavy atom. The van der Waals surface area contributed by atoms with Gasteiger partial charge in [0.2, 0.25) is 5.91 Å². The van der Waals surface area contributed by atoms with Crippen LogP contribution in [-0.2, 0) is 27.9 Å². The Bertz CT molecular complexity index is 1470. The second-order valence-electron chi connectivity index (χ2n) is 8.09. The van der Waals surface area contributed by atoms with Gasteiger partial charge in [-0.05, 0) is 24.3 Å². The zero-order valence-corrected chi connectivity index (χ0v) is 20.6. The van der Waals surface area contributed by atoms with Crippen molar-refractivity contribution in [3.05, 3.63) is 57.2 Å². The summed E-state index contributed by atoms with van der Waals surface area (Å²) in [4.78, 5) is 64.4. The molecule has 194 valence electrons. The summed E-state index contributed by atoms with van der Waals surface area (Å²) in [5.41, 5.74) is -0.121. The van der Waals surface area contributed by atoms with Crippen molar-refractivity contribution in [3.63, 3.8) is 0 Å². The number of benzene rings is 1. The van der Waals surface area contributed by atoms with E-state index < -0.39 is 12.2 Å². The Morgan fingerprint density at radius 3 is 2.76 bits per heavy atom. The van der Waals surface area contributed by atoms with Crippen LogP contribution in [-0.4, -0.2) is 69.2 Å². The minimum atomic E-state index is -0.520. The molecule has 3 N–H and O–H groups in total. The number of fused-ring (bicyclic) bond motifs is 2. The van der Waals surface area contributed by atoms with Crippen LogP contribution in [0.15, 0.2) is 50.9 Å². The van der Waals surface area contributed by atoms with Gasteiger partial charge in [-0.25, -0.2) is 14.6 Å². The monoisotopic (exact) mass is 528 g/mol. The second-order valence-corrected chi connectivity index (χ2v) is 9.11. The molecular formula is C23H24N6O7S. The number of hydrogen-bond donors (Lipinski definition) is 3. The van der Waals surface area contributed by atoms with E-state index in [1.54, 1.807) is 37.4 Å². The Kier molecular flexibility index (Phi) is 7.89. The van der Waals surface area contributed by atoms with Crippen LogP contribution in [0.3, 0.4) is 0 Å². The van der Waals surface area contributed by atoms with E-state index in [4.69, 9.17) is 14.6 Å². The van der Waals surface area contributed by atoms with Crippen molar-refractivity contribution in [3.8, 4) is 0 Å². The molecule has 1 fully saturated rings. The van der Waals surface area contributed by atoms with Crippen LogP contribution < -0.4 is 26.8 Å². The standard InChI is InChI=1S/C22H22N6O5S.CH2O2/c1-26-15-5-3-2-4-14(15)20(30)27(21(26)31)9-8-23-10-13-11-28(22(32)33-13)17-7-6-16-19(24-17)25-18(29)12-34-16;2-1-3/h2-7,13,23H,8-12H2,1H3,(H,24,25,29);1H,(H,2,3)/t13-;/m1./s1. The number of carboxylic acid groups (broad SMARTS) is 1. The molecule has 0 spiro atoms. The molecule has 2 aliphatic heterocycles. The molecule has 0 saturated carbocycles. The number of carbonyl (C=O) groups is 3. The molecule has 2 aromatic heterocycles. The number of pyridine rings is 1. The van der Waals surface area contributed by atoms with Gasteiger partial charge in [0.15, 0.2) is 0 Å². The summed E-state index contributed by atoms with van der Waals surface area (Å²) in [5, 5.41) is 13.2. The highest BCUT2D eigenvalue weighted by molar-refractivity contribution is 8.00. The fourth-order valence-corrected chi connectivity index (χ4v) is 4.79. The van der Waals surface area contributed by atoms with Crippen molar-refractivity contribution in [1.29, 1.82) is 0 Å². The van der Waals surface area contributed by atoms with Crippen LogP contribution in [0.1, 0.15) is 0 Å². The molecule has 14 heteroatoms. The van der Waals surface area contributed by atoms with Crippen molar-refractivity contribution >= 4 is 52.8 Å². The summed E-state index contributed by atoms with van der Waals surface area (Å²) in [6.45, 7) is 0.922. The van der Waals surface area contributed by atoms with Crippen LogP contribution in [0, 0.1) is 0 Å². The highest BCUT2D eigenvalue weighted by Crippen LogP contribution is 2.32. The van der Waals surface area contributed by atoms with E-state index >= 15 is 0 Å². The van der Waals surface area contributed by atoms with Crippen LogP contribution in [0.4, 0.5) is 16.4 Å². The second kappa shape index (κ2) is 11.3. The third-order valence-electron chi connectivity index (χ3n) is 5.75. The SMILES string of the molecule is Cn1c(=O)n(CCNC[C@@H]2CN(c3ccc4c(n3)NC(=O)CS4)C(=O)O2)c(=O)c2ccccc21.O=CO. The van der Waals surface area contributed by atoms with Gasteiger partial charge in [-0.15, -0.1) is 11.8 Å². The first-order valence-electron chi connectivity index (χ1n) is 11.2. The molecule has 0 radical (unpaired) electrons. The average Bonchev–Trinajstić information content (AvgIpc) is 3.27. The minimum absolute atomic E-state index is 0.131. The first-order chi connectivity index (χ1) is 17.8. The van der Waals surface area contributed by atoms with Crippen molar-refractivity contribution < 1.29 is 24.2 Å². The number of nitrogens with one attached hydrogen (secondary N) is 2. The number of cyclic esters (lactones) is 1. The molecule has 1 saturated heterocycles. The van der Waals surface area contributed by atoms with Gasteiger partial charge in [0.05, 0.1) is 28.1 Å². The summed E-state index contributed by atoms with van der Waals surface area (Å²) < 4.78 is 8.09. The van der Waals surface area contributed by atoms with Gasteiger partial charge < -0.3 is 20.5 Å². The lowest BCUT2D eigenvalue weighted by atomic mass is 10.2. The molecule has 0 aliphatic carbocycles. The zero-order valence-electron chi connectivity index (χ0n) is 19.7. The van der Waals surface area contributed by atoms with Gasteiger partial charge in [0.1, 0.15) is 17.7 Å². The van der Waals surface area contributed by atoms with Crippen molar-refractivity contribution in [2.24, 2.45) is 7.05 Å². The van der Waals surface area contributed by atoms with Crippen LogP contribution in [0.25, 0.3) is 10.9 Å². The van der Waals surface area contributed by atoms with Gasteiger partial charge in [-0.1, -0.05) is 12.1 Å². The number of anilines is 2. The largest absolute Gasteiger partial charge is 0.483 e. The van der Waals surface area contributed by atoms with E-state index in [2.05, 4.69) is 15.6 Å². The maximum atomic E-state index is 12.7. The number of carbonyl (C=O) groups excluding carboxylic acids is 2. The molecule has 0 bridgehead atoms. The number of ether oxygens (including phenoxy) is 1. The van der Waals surface area contributed by atoms with Gasteiger partial charge in [0, 0.05) is 26.7 Å². The number of aromatic nitrogens is 3. The fourth-order valence-electron chi connectivity index (χ4n) is 4.03. The molecule has 2 amide bonds. The van der Waals surface area contributed by atoms with E-state index in [9.17, 15) is 19.2 Å².